The highest BCUT2D eigenvalue weighted by Gasteiger charge is 2.31. The Morgan fingerprint density at radius 1 is 1.16 bits per heavy atom. The van der Waals surface area contributed by atoms with Crippen molar-refractivity contribution in [3.8, 4) is 0 Å². The van der Waals surface area contributed by atoms with Gasteiger partial charge in [-0.1, -0.05) is 0 Å². The van der Waals surface area contributed by atoms with Crippen molar-refractivity contribution in [2.75, 3.05) is 26.2 Å². The SMILES string of the molecule is CC(N)C(=O)N1CCN(C(C)C(=O)NC2CC2)CC1. The molecule has 0 radical (unpaired) electrons. The summed E-state index contributed by atoms with van der Waals surface area (Å²) in [6.07, 6.45) is 2.21. The molecular formula is C13H24N4O2. The minimum Gasteiger partial charge on any atom is -0.352 e. The molecule has 1 aliphatic carbocycles. The fourth-order valence-electron chi connectivity index (χ4n) is 2.33. The predicted molar refractivity (Wildman–Crippen MR) is 72.4 cm³/mol. The number of piperazine rings is 1. The van der Waals surface area contributed by atoms with Gasteiger partial charge < -0.3 is 16.0 Å². The van der Waals surface area contributed by atoms with Crippen molar-refractivity contribution in [2.24, 2.45) is 5.73 Å². The van der Waals surface area contributed by atoms with Crippen LogP contribution in [-0.4, -0.2) is 65.9 Å². The molecule has 6 heteroatoms. The van der Waals surface area contributed by atoms with E-state index in [1.54, 1.807) is 11.8 Å². The molecule has 1 heterocycles. The van der Waals surface area contributed by atoms with Crippen LogP contribution in [-0.2, 0) is 9.59 Å². The third kappa shape index (κ3) is 3.67. The van der Waals surface area contributed by atoms with Crippen molar-refractivity contribution < 1.29 is 9.59 Å². The van der Waals surface area contributed by atoms with E-state index in [-0.39, 0.29) is 17.9 Å². The molecule has 2 unspecified atom stereocenters. The van der Waals surface area contributed by atoms with Crippen LogP contribution < -0.4 is 11.1 Å². The smallest absolute Gasteiger partial charge is 0.239 e. The van der Waals surface area contributed by atoms with Crippen LogP contribution in [0.5, 0.6) is 0 Å². The Bertz CT molecular complexity index is 347. The van der Waals surface area contributed by atoms with Gasteiger partial charge in [-0.05, 0) is 26.7 Å². The molecule has 0 aromatic carbocycles. The number of carbonyl (C=O) groups is 2. The molecule has 1 saturated heterocycles. The molecule has 0 aromatic heterocycles. The van der Waals surface area contributed by atoms with Gasteiger partial charge in [0.25, 0.3) is 0 Å². The lowest BCUT2D eigenvalue weighted by molar-refractivity contribution is -0.135. The summed E-state index contributed by atoms with van der Waals surface area (Å²) in [5, 5.41) is 3.02. The zero-order chi connectivity index (χ0) is 14.0. The largest absolute Gasteiger partial charge is 0.352 e. The Kier molecular flexibility index (Phi) is 4.42. The summed E-state index contributed by atoms with van der Waals surface area (Å²) >= 11 is 0. The molecule has 2 rings (SSSR count). The highest BCUT2D eigenvalue weighted by atomic mass is 16.2. The highest BCUT2D eigenvalue weighted by Crippen LogP contribution is 2.19. The molecule has 108 valence electrons. The second-order valence-electron chi connectivity index (χ2n) is 5.61. The summed E-state index contributed by atoms with van der Waals surface area (Å²) in [4.78, 5) is 27.6. The van der Waals surface area contributed by atoms with E-state index in [9.17, 15) is 9.59 Å². The van der Waals surface area contributed by atoms with Crippen LogP contribution in [0.15, 0.2) is 0 Å². The fourth-order valence-corrected chi connectivity index (χ4v) is 2.33. The van der Waals surface area contributed by atoms with Crippen molar-refractivity contribution in [1.29, 1.82) is 0 Å². The van der Waals surface area contributed by atoms with Crippen LogP contribution in [0.25, 0.3) is 0 Å². The Hall–Kier alpha value is -1.14. The molecule has 19 heavy (non-hydrogen) atoms. The van der Waals surface area contributed by atoms with Gasteiger partial charge in [-0.15, -0.1) is 0 Å². The van der Waals surface area contributed by atoms with Gasteiger partial charge in [0, 0.05) is 32.2 Å². The third-order valence-corrected chi connectivity index (χ3v) is 3.87. The van der Waals surface area contributed by atoms with Crippen LogP contribution in [0.3, 0.4) is 0 Å². The Morgan fingerprint density at radius 2 is 1.74 bits per heavy atom. The fraction of sp³-hybridized carbons (Fsp3) is 0.846. The Balaban J connectivity index is 1.78. The third-order valence-electron chi connectivity index (χ3n) is 3.87. The van der Waals surface area contributed by atoms with Gasteiger partial charge in [0.1, 0.15) is 0 Å². The number of rotatable bonds is 4. The predicted octanol–water partition coefficient (Wildman–Crippen LogP) is -0.855. The average Bonchev–Trinajstić information content (AvgIpc) is 3.21. The first-order valence-electron chi connectivity index (χ1n) is 7.08. The van der Waals surface area contributed by atoms with Crippen molar-refractivity contribution in [3.63, 3.8) is 0 Å². The molecular weight excluding hydrogens is 244 g/mol. The van der Waals surface area contributed by atoms with Gasteiger partial charge in [-0.3, -0.25) is 14.5 Å². The van der Waals surface area contributed by atoms with Crippen molar-refractivity contribution in [3.05, 3.63) is 0 Å². The second kappa shape index (κ2) is 5.88. The first-order chi connectivity index (χ1) is 8.99. The lowest BCUT2D eigenvalue weighted by Gasteiger charge is -2.38. The number of carbonyl (C=O) groups excluding carboxylic acids is 2. The number of hydrogen-bond donors (Lipinski definition) is 2. The average molecular weight is 268 g/mol. The standard InChI is InChI=1S/C13H24N4O2/c1-9(14)13(19)17-7-5-16(6-8-17)10(2)12(18)15-11-3-4-11/h9-11H,3-8,14H2,1-2H3,(H,15,18). The van der Waals surface area contributed by atoms with Crippen LogP contribution >= 0.6 is 0 Å². The summed E-state index contributed by atoms with van der Waals surface area (Å²) in [7, 11) is 0. The Morgan fingerprint density at radius 3 is 2.21 bits per heavy atom. The van der Waals surface area contributed by atoms with Crippen molar-refractivity contribution in [1.82, 2.24) is 15.1 Å². The number of nitrogens with zero attached hydrogens (tertiary/aromatic N) is 2. The molecule has 6 nitrogen and oxygen atoms in total. The molecule has 0 spiro atoms. The van der Waals surface area contributed by atoms with Crippen LogP contribution in [0.4, 0.5) is 0 Å². The summed E-state index contributed by atoms with van der Waals surface area (Å²) in [5.41, 5.74) is 5.60. The minimum absolute atomic E-state index is 0.00487. The summed E-state index contributed by atoms with van der Waals surface area (Å²) in [5.74, 6) is 0.101. The molecule has 1 saturated carbocycles. The van der Waals surface area contributed by atoms with Gasteiger partial charge in [-0.2, -0.15) is 0 Å². The zero-order valence-electron chi connectivity index (χ0n) is 11.8. The van der Waals surface area contributed by atoms with Gasteiger partial charge >= 0.3 is 0 Å². The van der Waals surface area contributed by atoms with Crippen LogP contribution in [0.2, 0.25) is 0 Å². The maximum Gasteiger partial charge on any atom is 0.239 e. The zero-order valence-corrected chi connectivity index (χ0v) is 11.8. The van der Waals surface area contributed by atoms with E-state index in [1.165, 1.54) is 0 Å². The molecule has 1 aliphatic heterocycles. The second-order valence-corrected chi connectivity index (χ2v) is 5.61. The molecule has 2 atom stereocenters. The topological polar surface area (TPSA) is 78.7 Å². The van der Waals surface area contributed by atoms with Crippen molar-refractivity contribution in [2.45, 2.75) is 44.8 Å². The maximum absolute atomic E-state index is 12.0. The van der Waals surface area contributed by atoms with Crippen molar-refractivity contribution >= 4 is 11.8 Å². The number of nitrogens with one attached hydrogen (secondary N) is 1. The molecule has 2 fully saturated rings. The van der Waals surface area contributed by atoms with E-state index in [2.05, 4.69) is 10.2 Å². The molecule has 0 bridgehead atoms. The monoisotopic (exact) mass is 268 g/mol. The van der Waals surface area contributed by atoms with Crippen LogP contribution in [0.1, 0.15) is 26.7 Å². The van der Waals surface area contributed by atoms with E-state index in [1.807, 2.05) is 6.92 Å². The van der Waals surface area contributed by atoms with Gasteiger partial charge in [-0.25, -0.2) is 0 Å². The van der Waals surface area contributed by atoms with E-state index in [0.29, 0.717) is 19.1 Å². The normalized spacial score (nSPS) is 23.8. The number of hydrogen-bond acceptors (Lipinski definition) is 4. The van der Waals surface area contributed by atoms with Gasteiger partial charge in [0.05, 0.1) is 12.1 Å². The van der Waals surface area contributed by atoms with E-state index in [4.69, 9.17) is 5.73 Å². The molecule has 2 amide bonds. The van der Waals surface area contributed by atoms with E-state index < -0.39 is 6.04 Å². The van der Waals surface area contributed by atoms with E-state index in [0.717, 1.165) is 25.9 Å². The van der Waals surface area contributed by atoms with E-state index >= 15 is 0 Å². The Labute approximate surface area is 114 Å². The number of amides is 2. The van der Waals surface area contributed by atoms with Crippen LogP contribution in [0, 0.1) is 0 Å². The number of nitrogens with two attached hydrogens (primary N) is 1. The lowest BCUT2D eigenvalue weighted by Crippen LogP contribution is -2.57. The van der Waals surface area contributed by atoms with Gasteiger partial charge in [0.2, 0.25) is 11.8 Å². The lowest BCUT2D eigenvalue weighted by atomic mass is 10.2. The molecule has 0 aromatic rings. The highest BCUT2D eigenvalue weighted by molar-refractivity contribution is 5.82. The minimum atomic E-state index is -0.442. The summed E-state index contributed by atoms with van der Waals surface area (Å²) in [6.45, 7) is 6.42. The first kappa shape index (κ1) is 14.3. The molecule has 2 aliphatic rings. The summed E-state index contributed by atoms with van der Waals surface area (Å²) in [6, 6.07) is -0.161. The first-order valence-corrected chi connectivity index (χ1v) is 7.08. The summed E-state index contributed by atoms with van der Waals surface area (Å²) < 4.78 is 0. The maximum atomic E-state index is 12.0. The molecule has 3 N–H and O–H groups in total. The quantitative estimate of drug-likeness (QED) is 0.696. The van der Waals surface area contributed by atoms with Gasteiger partial charge in [0.15, 0.2) is 0 Å².